The molecule has 0 heterocycles. The maximum Gasteiger partial charge on any atom is 0.119 e. The normalized spacial score (nSPS) is 14.7. The zero-order chi connectivity index (χ0) is 12.5. The molecule has 0 saturated heterocycles. The van der Waals surface area contributed by atoms with Crippen LogP contribution in [0.5, 0.6) is 5.75 Å². The van der Waals surface area contributed by atoms with E-state index in [2.05, 4.69) is 10.6 Å². The summed E-state index contributed by atoms with van der Waals surface area (Å²) in [6.07, 6.45) is 5.04. The number of rotatable bonds is 10. The molecule has 1 aliphatic carbocycles. The summed E-state index contributed by atoms with van der Waals surface area (Å²) in [6, 6.07) is 10.8. The van der Waals surface area contributed by atoms with Gasteiger partial charge in [-0.15, -0.1) is 0 Å². The van der Waals surface area contributed by atoms with Crippen LogP contribution in [0, 0.1) is 0 Å². The molecule has 0 unspecified atom stereocenters. The topological polar surface area (TPSA) is 33.3 Å². The fourth-order valence-corrected chi connectivity index (χ4v) is 1.84. The van der Waals surface area contributed by atoms with Crippen molar-refractivity contribution in [3.05, 3.63) is 30.3 Å². The highest BCUT2D eigenvalue weighted by Gasteiger charge is 2.19. The van der Waals surface area contributed by atoms with Crippen molar-refractivity contribution in [2.45, 2.75) is 31.7 Å². The lowest BCUT2D eigenvalue weighted by molar-refractivity contribution is 0.308. The molecule has 3 nitrogen and oxygen atoms in total. The molecule has 1 fully saturated rings. The summed E-state index contributed by atoms with van der Waals surface area (Å²) in [5.41, 5.74) is 0. The van der Waals surface area contributed by atoms with Gasteiger partial charge in [-0.05, 0) is 57.5 Å². The molecule has 0 atom stereocenters. The van der Waals surface area contributed by atoms with E-state index in [1.54, 1.807) is 0 Å². The highest BCUT2D eigenvalue weighted by atomic mass is 16.5. The molecule has 100 valence electrons. The Bertz CT molecular complexity index is 312. The third-order valence-corrected chi connectivity index (χ3v) is 3.05. The summed E-state index contributed by atoms with van der Waals surface area (Å²) in [5, 5.41) is 6.96. The zero-order valence-corrected chi connectivity index (χ0v) is 11.0. The molecule has 0 aromatic heterocycles. The molecule has 2 N–H and O–H groups in total. The van der Waals surface area contributed by atoms with Gasteiger partial charge in [0.1, 0.15) is 5.75 Å². The van der Waals surface area contributed by atoms with Crippen molar-refractivity contribution < 1.29 is 4.74 Å². The molecule has 0 bridgehead atoms. The SMILES string of the molecule is c1ccc(OCCCNCCCNC2CC2)cc1. The molecular formula is C15H24N2O. The van der Waals surface area contributed by atoms with Crippen molar-refractivity contribution in [2.24, 2.45) is 0 Å². The summed E-state index contributed by atoms with van der Waals surface area (Å²) >= 11 is 0. The summed E-state index contributed by atoms with van der Waals surface area (Å²) in [5.74, 6) is 0.964. The van der Waals surface area contributed by atoms with Crippen LogP contribution in [0.4, 0.5) is 0 Å². The molecule has 1 aliphatic rings. The van der Waals surface area contributed by atoms with E-state index in [4.69, 9.17) is 4.74 Å². The first-order valence-electron chi connectivity index (χ1n) is 7.07. The van der Waals surface area contributed by atoms with Crippen LogP contribution in [-0.2, 0) is 0 Å². The van der Waals surface area contributed by atoms with E-state index in [1.165, 1.54) is 19.3 Å². The van der Waals surface area contributed by atoms with E-state index in [-0.39, 0.29) is 0 Å². The molecule has 3 heteroatoms. The molecule has 18 heavy (non-hydrogen) atoms. The van der Waals surface area contributed by atoms with Gasteiger partial charge in [0.2, 0.25) is 0 Å². The average molecular weight is 248 g/mol. The minimum atomic E-state index is 0.789. The summed E-state index contributed by atoms with van der Waals surface area (Å²) < 4.78 is 5.62. The van der Waals surface area contributed by atoms with E-state index < -0.39 is 0 Å². The minimum Gasteiger partial charge on any atom is -0.494 e. The number of ether oxygens (including phenoxy) is 1. The fourth-order valence-electron chi connectivity index (χ4n) is 1.84. The van der Waals surface area contributed by atoms with Gasteiger partial charge in [0, 0.05) is 6.04 Å². The lowest BCUT2D eigenvalue weighted by atomic mass is 10.3. The highest BCUT2D eigenvalue weighted by molar-refractivity contribution is 5.20. The second-order valence-electron chi connectivity index (χ2n) is 4.85. The summed E-state index contributed by atoms with van der Waals surface area (Å²) in [7, 11) is 0. The first kappa shape index (κ1) is 13.4. The van der Waals surface area contributed by atoms with Crippen LogP contribution in [0.15, 0.2) is 30.3 Å². The lowest BCUT2D eigenvalue weighted by Crippen LogP contribution is -2.24. The Balaban J connectivity index is 1.35. The van der Waals surface area contributed by atoms with Crippen LogP contribution in [-0.4, -0.2) is 32.3 Å². The Morgan fingerprint density at radius 2 is 1.78 bits per heavy atom. The van der Waals surface area contributed by atoms with Gasteiger partial charge in [0.15, 0.2) is 0 Å². The van der Waals surface area contributed by atoms with E-state index in [0.29, 0.717) is 0 Å². The predicted molar refractivity (Wildman–Crippen MR) is 75.1 cm³/mol. The first-order chi connectivity index (χ1) is 8.95. The zero-order valence-electron chi connectivity index (χ0n) is 11.0. The Kier molecular flexibility index (Phi) is 6.03. The van der Waals surface area contributed by atoms with Crippen molar-refractivity contribution in [1.29, 1.82) is 0 Å². The third-order valence-electron chi connectivity index (χ3n) is 3.05. The number of para-hydroxylation sites is 1. The molecular weight excluding hydrogens is 224 g/mol. The highest BCUT2D eigenvalue weighted by Crippen LogP contribution is 2.18. The van der Waals surface area contributed by atoms with Gasteiger partial charge < -0.3 is 15.4 Å². The van der Waals surface area contributed by atoms with Gasteiger partial charge >= 0.3 is 0 Å². The standard InChI is InChI=1S/C15H24N2O/c1-2-6-15(7-3-1)18-13-5-11-16-10-4-12-17-14-8-9-14/h1-3,6-7,14,16-17H,4-5,8-13H2. The van der Waals surface area contributed by atoms with Crippen LogP contribution in [0.1, 0.15) is 25.7 Å². The Morgan fingerprint density at radius 1 is 1.00 bits per heavy atom. The predicted octanol–water partition coefficient (Wildman–Crippen LogP) is 2.19. The van der Waals surface area contributed by atoms with Crippen molar-refractivity contribution >= 4 is 0 Å². The molecule has 2 rings (SSSR count). The van der Waals surface area contributed by atoms with Crippen LogP contribution in [0.3, 0.4) is 0 Å². The van der Waals surface area contributed by atoms with E-state index in [0.717, 1.165) is 44.5 Å². The van der Waals surface area contributed by atoms with Gasteiger partial charge in [-0.25, -0.2) is 0 Å². The Morgan fingerprint density at radius 3 is 2.56 bits per heavy atom. The van der Waals surface area contributed by atoms with Crippen LogP contribution in [0.25, 0.3) is 0 Å². The summed E-state index contributed by atoms with van der Waals surface area (Å²) in [4.78, 5) is 0. The van der Waals surface area contributed by atoms with Gasteiger partial charge in [-0.2, -0.15) is 0 Å². The second-order valence-corrected chi connectivity index (χ2v) is 4.85. The molecule has 0 amide bonds. The largest absolute Gasteiger partial charge is 0.494 e. The van der Waals surface area contributed by atoms with Crippen LogP contribution in [0.2, 0.25) is 0 Å². The van der Waals surface area contributed by atoms with Gasteiger partial charge in [-0.1, -0.05) is 18.2 Å². The average Bonchev–Trinajstić information content (AvgIpc) is 3.22. The van der Waals surface area contributed by atoms with Crippen molar-refractivity contribution in [1.82, 2.24) is 10.6 Å². The van der Waals surface area contributed by atoms with Gasteiger partial charge in [-0.3, -0.25) is 0 Å². The van der Waals surface area contributed by atoms with E-state index in [9.17, 15) is 0 Å². The Labute approximate surface area is 110 Å². The Hall–Kier alpha value is -1.06. The third kappa shape index (κ3) is 6.03. The maximum absolute atomic E-state index is 5.62. The second kappa shape index (κ2) is 8.11. The number of nitrogens with one attached hydrogen (secondary N) is 2. The van der Waals surface area contributed by atoms with E-state index >= 15 is 0 Å². The monoisotopic (exact) mass is 248 g/mol. The van der Waals surface area contributed by atoms with Gasteiger partial charge in [0.05, 0.1) is 6.61 Å². The molecule has 1 aromatic rings. The molecule has 1 aromatic carbocycles. The maximum atomic E-state index is 5.62. The number of hydrogen-bond acceptors (Lipinski definition) is 3. The van der Waals surface area contributed by atoms with Crippen molar-refractivity contribution in [2.75, 3.05) is 26.2 Å². The van der Waals surface area contributed by atoms with E-state index in [1.807, 2.05) is 30.3 Å². The molecule has 1 saturated carbocycles. The number of hydrogen-bond donors (Lipinski definition) is 2. The van der Waals surface area contributed by atoms with Crippen LogP contribution >= 0.6 is 0 Å². The van der Waals surface area contributed by atoms with Crippen molar-refractivity contribution in [3.63, 3.8) is 0 Å². The fraction of sp³-hybridized carbons (Fsp3) is 0.600. The molecule has 0 spiro atoms. The van der Waals surface area contributed by atoms with Crippen molar-refractivity contribution in [3.8, 4) is 5.75 Å². The molecule has 0 aliphatic heterocycles. The van der Waals surface area contributed by atoms with Crippen LogP contribution < -0.4 is 15.4 Å². The summed E-state index contributed by atoms with van der Waals surface area (Å²) in [6.45, 7) is 4.08. The first-order valence-corrected chi connectivity index (χ1v) is 7.07. The quantitative estimate of drug-likeness (QED) is 0.623. The van der Waals surface area contributed by atoms with Gasteiger partial charge in [0.25, 0.3) is 0 Å². The molecule has 0 radical (unpaired) electrons. The number of benzene rings is 1. The smallest absolute Gasteiger partial charge is 0.119 e. The minimum absolute atomic E-state index is 0.789. The lowest BCUT2D eigenvalue weighted by Gasteiger charge is -2.07.